The quantitative estimate of drug-likeness (QED) is 0.693. The Morgan fingerprint density at radius 3 is 2.69 bits per heavy atom. The first-order chi connectivity index (χ1) is 6.29. The van der Waals surface area contributed by atoms with Gasteiger partial charge in [-0.25, -0.2) is 0 Å². The first-order valence-electron chi connectivity index (χ1n) is 3.82. The van der Waals surface area contributed by atoms with Gasteiger partial charge in [0.25, 0.3) is 0 Å². The van der Waals surface area contributed by atoms with Crippen LogP contribution in [0.25, 0.3) is 5.69 Å². The van der Waals surface area contributed by atoms with Crippen molar-refractivity contribution in [2.45, 2.75) is 6.92 Å². The van der Waals surface area contributed by atoms with E-state index in [9.17, 15) is 5.11 Å². The number of hydrogen-bond acceptors (Lipinski definition) is 4. The summed E-state index contributed by atoms with van der Waals surface area (Å²) in [6.45, 7) is 1.77. The highest BCUT2D eigenvalue weighted by molar-refractivity contribution is 5.44. The Labute approximate surface area is 74.6 Å². The van der Waals surface area contributed by atoms with Crippen LogP contribution in [0.4, 0.5) is 0 Å². The molecular formula is C8H8N4O. The van der Waals surface area contributed by atoms with E-state index in [0.29, 0.717) is 11.5 Å². The van der Waals surface area contributed by atoms with Crippen LogP contribution in [0, 0.1) is 6.92 Å². The molecule has 0 unspecified atom stereocenters. The van der Waals surface area contributed by atoms with Crippen molar-refractivity contribution in [2.75, 3.05) is 0 Å². The maximum atomic E-state index is 9.49. The highest BCUT2D eigenvalue weighted by Gasteiger charge is 2.06. The number of para-hydroxylation sites is 2. The number of rotatable bonds is 1. The average Bonchev–Trinajstić information content (AvgIpc) is 2.52. The van der Waals surface area contributed by atoms with E-state index in [0.717, 1.165) is 0 Å². The number of nitrogens with zero attached hydrogens (tertiary/aromatic N) is 4. The molecular weight excluding hydrogens is 168 g/mol. The van der Waals surface area contributed by atoms with Crippen LogP contribution in [0.1, 0.15) is 5.82 Å². The van der Waals surface area contributed by atoms with Crippen LogP contribution in [0.2, 0.25) is 0 Å². The Balaban J connectivity index is 2.59. The molecule has 5 nitrogen and oxygen atoms in total. The third kappa shape index (κ3) is 1.24. The first kappa shape index (κ1) is 7.72. The normalized spacial score (nSPS) is 10.2. The monoisotopic (exact) mass is 176 g/mol. The minimum atomic E-state index is 0.165. The zero-order valence-corrected chi connectivity index (χ0v) is 7.05. The van der Waals surface area contributed by atoms with E-state index in [1.807, 2.05) is 6.07 Å². The number of phenolic OH excluding ortho intramolecular Hbond substituents is 1. The fourth-order valence-corrected chi connectivity index (χ4v) is 1.10. The molecule has 0 saturated heterocycles. The number of phenols is 1. The minimum Gasteiger partial charge on any atom is -0.506 e. The van der Waals surface area contributed by atoms with Crippen LogP contribution in [-0.2, 0) is 0 Å². The van der Waals surface area contributed by atoms with Gasteiger partial charge in [-0.3, -0.25) is 0 Å². The van der Waals surface area contributed by atoms with Crippen LogP contribution < -0.4 is 0 Å². The Kier molecular flexibility index (Phi) is 1.70. The molecule has 0 bridgehead atoms. The number of aryl methyl sites for hydroxylation is 1. The summed E-state index contributed by atoms with van der Waals surface area (Å²) in [4.78, 5) is 0. The lowest BCUT2D eigenvalue weighted by atomic mass is 10.3. The molecule has 0 fully saturated rings. The van der Waals surface area contributed by atoms with Gasteiger partial charge in [0.05, 0.1) is 0 Å². The van der Waals surface area contributed by atoms with Gasteiger partial charge in [0.15, 0.2) is 5.82 Å². The number of tetrazole rings is 1. The summed E-state index contributed by atoms with van der Waals surface area (Å²) in [5, 5.41) is 20.4. The van der Waals surface area contributed by atoms with Crippen LogP contribution in [0.3, 0.4) is 0 Å². The second-order valence-electron chi connectivity index (χ2n) is 2.63. The predicted molar refractivity (Wildman–Crippen MR) is 45.6 cm³/mol. The van der Waals surface area contributed by atoms with Gasteiger partial charge in [0.1, 0.15) is 11.4 Å². The maximum Gasteiger partial charge on any atom is 0.153 e. The lowest BCUT2D eigenvalue weighted by Crippen LogP contribution is -1.99. The van der Waals surface area contributed by atoms with Crippen molar-refractivity contribution >= 4 is 0 Å². The van der Waals surface area contributed by atoms with Crippen molar-refractivity contribution in [2.24, 2.45) is 0 Å². The molecule has 2 aromatic rings. The predicted octanol–water partition coefficient (Wildman–Crippen LogP) is 0.676. The molecule has 13 heavy (non-hydrogen) atoms. The van der Waals surface area contributed by atoms with Crippen molar-refractivity contribution in [3.05, 3.63) is 30.1 Å². The van der Waals surface area contributed by atoms with E-state index in [-0.39, 0.29) is 5.75 Å². The van der Waals surface area contributed by atoms with E-state index in [1.165, 1.54) is 4.68 Å². The third-order valence-electron chi connectivity index (χ3n) is 1.74. The van der Waals surface area contributed by atoms with E-state index in [4.69, 9.17) is 0 Å². The van der Waals surface area contributed by atoms with Crippen LogP contribution in [-0.4, -0.2) is 25.3 Å². The minimum absolute atomic E-state index is 0.165. The molecule has 2 rings (SSSR count). The number of hydrogen-bond donors (Lipinski definition) is 1. The molecule has 0 amide bonds. The van der Waals surface area contributed by atoms with Crippen molar-refractivity contribution in [1.82, 2.24) is 20.2 Å². The van der Waals surface area contributed by atoms with Gasteiger partial charge in [-0.15, -0.1) is 5.10 Å². The Hall–Kier alpha value is -1.91. The van der Waals surface area contributed by atoms with Crippen LogP contribution in [0.5, 0.6) is 5.75 Å². The van der Waals surface area contributed by atoms with E-state index in [2.05, 4.69) is 15.5 Å². The van der Waals surface area contributed by atoms with Gasteiger partial charge in [-0.05, 0) is 29.5 Å². The largest absolute Gasteiger partial charge is 0.506 e. The molecule has 5 heteroatoms. The molecule has 0 atom stereocenters. The molecule has 0 aliphatic heterocycles. The van der Waals surface area contributed by atoms with Crippen molar-refractivity contribution in [3.63, 3.8) is 0 Å². The zero-order valence-electron chi connectivity index (χ0n) is 7.05. The third-order valence-corrected chi connectivity index (χ3v) is 1.74. The van der Waals surface area contributed by atoms with E-state index in [1.54, 1.807) is 25.1 Å². The van der Waals surface area contributed by atoms with Gasteiger partial charge < -0.3 is 5.11 Å². The smallest absolute Gasteiger partial charge is 0.153 e. The molecule has 0 aliphatic carbocycles. The van der Waals surface area contributed by atoms with E-state index < -0.39 is 0 Å². The lowest BCUT2D eigenvalue weighted by Gasteiger charge is -2.02. The second-order valence-corrected chi connectivity index (χ2v) is 2.63. The van der Waals surface area contributed by atoms with Crippen molar-refractivity contribution < 1.29 is 5.11 Å². The summed E-state index contributed by atoms with van der Waals surface area (Å²) in [5.74, 6) is 0.805. The highest BCUT2D eigenvalue weighted by Crippen LogP contribution is 2.19. The van der Waals surface area contributed by atoms with Crippen LogP contribution >= 0.6 is 0 Å². The molecule has 1 aromatic carbocycles. The van der Waals surface area contributed by atoms with Crippen molar-refractivity contribution in [1.29, 1.82) is 0 Å². The number of aromatic hydroxyl groups is 1. The Morgan fingerprint density at radius 1 is 1.31 bits per heavy atom. The fourth-order valence-electron chi connectivity index (χ4n) is 1.10. The van der Waals surface area contributed by atoms with Gasteiger partial charge in [-0.2, -0.15) is 4.68 Å². The Bertz CT molecular complexity index is 424. The molecule has 66 valence electrons. The molecule has 1 aromatic heterocycles. The average molecular weight is 176 g/mol. The molecule has 1 heterocycles. The van der Waals surface area contributed by atoms with Gasteiger partial charge >= 0.3 is 0 Å². The first-order valence-corrected chi connectivity index (χ1v) is 3.82. The van der Waals surface area contributed by atoms with E-state index >= 15 is 0 Å². The summed E-state index contributed by atoms with van der Waals surface area (Å²) < 4.78 is 1.48. The number of benzene rings is 1. The molecule has 1 N–H and O–H groups in total. The zero-order chi connectivity index (χ0) is 9.26. The van der Waals surface area contributed by atoms with Gasteiger partial charge in [-0.1, -0.05) is 12.1 Å². The fraction of sp³-hybridized carbons (Fsp3) is 0.125. The molecule has 0 radical (unpaired) electrons. The van der Waals surface area contributed by atoms with Gasteiger partial charge in [0.2, 0.25) is 0 Å². The van der Waals surface area contributed by atoms with Gasteiger partial charge in [0, 0.05) is 0 Å². The molecule has 0 saturated carbocycles. The van der Waals surface area contributed by atoms with Crippen LogP contribution in [0.15, 0.2) is 24.3 Å². The summed E-state index contributed by atoms with van der Waals surface area (Å²) in [7, 11) is 0. The molecule has 0 aliphatic rings. The summed E-state index contributed by atoms with van der Waals surface area (Å²) in [6, 6.07) is 6.91. The number of aromatic nitrogens is 4. The molecule has 0 spiro atoms. The second kappa shape index (κ2) is 2.85. The SMILES string of the molecule is Cc1nnnn1-c1ccccc1O. The lowest BCUT2D eigenvalue weighted by molar-refractivity contribution is 0.469. The topological polar surface area (TPSA) is 63.8 Å². The summed E-state index contributed by atoms with van der Waals surface area (Å²) in [5.41, 5.74) is 0.588. The maximum absolute atomic E-state index is 9.49. The van der Waals surface area contributed by atoms with Crippen molar-refractivity contribution in [3.8, 4) is 11.4 Å². The standard InChI is InChI=1S/C8H8N4O/c1-6-9-10-11-12(6)7-4-2-3-5-8(7)13/h2-5,13H,1H3. The summed E-state index contributed by atoms with van der Waals surface area (Å²) >= 11 is 0. The Morgan fingerprint density at radius 2 is 2.08 bits per heavy atom. The highest BCUT2D eigenvalue weighted by atomic mass is 16.3. The summed E-state index contributed by atoms with van der Waals surface area (Å²) in [6.07, 6.45) is 0.